The summed E-state index contributed by atoms with van der Waals surface area (Å²) >= 11 is 0. The van der Waals surface area contributed by atoms with Gasteiger partial charge in [0.1, 0.15) is 5.75 Å². The van der Waals surface area contributed by atoms with Crippen molar-refractivity contribution in [2.45, 2.75) is 19.6 Å². The van der Waals surface area contributed by atoms with Gasteiger partial charge in [-0.25, -0.2) is 4.99 Å². The third-order valence-corrected chi connectivity index (χ3v) is 4.45. The molecule has 0 aromatic heterocycles. The number of aliphatic imine (C=N–C) groups is 1. The molecule has 1 unspecified atom stereocenters. The fraction of sp³-hybridized carbons (Fsp3) is 0.409. The maximum absolute atomic E-state index is 10.4. The zero-order valence-corrected chi connectivity index (χ0v) is 18.2. The Kier molecular flexibility index (Phi) is 9.08. The summed E-state index contributed by atoms with van der Waals surface area (Å²) < 4.78 is 21.3. The van der Waals surface area contributed by atoms with Gasteiger partial charge in [-0.3, -0.25) is 0 Å². The van der Waals surface area contributed by atoms with Crippen LogP contribution in [0.2, 0.25) is 0 Å². The van der Waals surface area contributed by atoms with Crippen LogP contribution >= 0.6 is 0 Å². The minimum absolute atomic E-state index is 0.313. The molecular formula is C22H31N3O5. The molecule has 0 spiro atoms. The number of aliphatic hydroxyl groups excluding tert-OH is 1. The second kappa shape index (κ2) is 11.8. The average Bonchev–Trinajstić information content (AvgIpc) is 2.79. The SMILES string of the molecule is CCNC(=NCc1cc(OC)c(OC)c(OC)c1)NCC(O)c1ccc(OC)cc1. The van der Waals surface area contributed by atoms with Gasteiger partial charge in [-0.05, 0) is 42.3 Å². The van der Waals surface area contributed by atoms with Crippen LogP contribution in [0.25, 0.3) is 0 Å². The van der Waals surface area contributed by atoms with Gasteiger partial charge in [0, 0.05) is 13.1 Å². The number of nitrogens with zero attached hydrogens (tertiary/aromatic N) is 1. The van der Waals surface area contributed by atoms with E-state index in [1.165, 1.54) is 0 Å². The molecule has 0 radical (unpaired) electrons. The minimum atomic E-state index is -0.680. The van der Waals surface area contributed by atoms with E-state index in [9.17, 15) is 5.11 Å². The van der Waals surface area contributed by atoms with Gasteiger partial charge in [-0.1, -0.05) is 12.1 Å². The second-order valence-electron chi connectivity index (χ2n) is 6.40. The summed E-state index contributed by atoms with van der Waals surface area (Å²) in [4.78, 5) is 4.59. The summed E-state index contributed by atoms with van der Waals surface area (Å²) in [6.45, 7) is 3.38. The van der Waals surface area contributed by atoms with Crippen LogP contribution in [0.3, 0.4) is 0 Å². The number of nitrogens with one attached hydrogen (secondary N) is 2. The van der Waals surface area contributed by atoms with Crippen molar-refractivity contribution >= 4 is 5.96 Å². The number of hydrogen-bond acceptors (Lipinski definition) is 6. The van der Waals surface area contributed by atoms with Crippen LogP contribution in [0.4, 0.5) is 0 Å². The highest BCUT2D eigenvalue weighted by atomic mass is 16.5. The van der Waals surface area contributed by atoms with Gasteiger partial charge in [-0.2, -0.15) is 0 Å². The summed E-state index contributed by atoms with van der Waals surface area (Å²) in [6, 6.07) is 11.0. The highest BCUT2D eigenvalue weighted by Gasteiger charge is 2.13. The van der Waals surface area contributed by atoms with Gasteiger partial charge in [0.15, 0.2) is 17.5 Å². The first-order valence-corrected chi connectivity index (χ1v) is 9.69. The van der Waals surface area contributed by atoms with E-state index in [4.69, 9.17) is 18.9 Å². The molecule has 2 aromatic rings. The molecular weight excluding hydrogens is 386 g/mol. The molecule has 8 heteroatoms. The standard InChI is InChI=1S/C22H31N3O5/c1-6-23-22(25-14-18(26)16-7-9-17(27-2)10-8-16)24-13-15-11-19(28-3)21(30-5)20(12-15)29-4/h7-12,18,26H,6,13-14H2,1-5H3,(H2,23,24,25). The lowest BCUT2D eigenvalue weighted by Gasteiger charge is -2.16. The number of rotatable bonds is 10. The van der Waals surface area contributed by atoms with E-state index >= 15 is 0 Å². The van der Waals surface area contributed by atoms with Crippen molar-refractivity contribution in [2.24, 2.45) is 4.99 Å². The van der Waals surface area contributed by atoms with Gasteiger partial charge in [0.05, 0.1) is 41.1 Å². The monoisotopic (exact) mass is 417 g/mol. The molecule has 2 rings (SSSR count). The molecule has 0 aliphatic heterocycles. The predicted octanol–water partition coefficient (Wildman–Crippen LogP) is 2.51. The molecule has 1 atom stereocenters. The molecule has 0 amide bonds. The largest absolute Gasteiger partial charge is 0.497 e. The van der Waals surface area contributed by atoms with Gasteiger partial charge >= 0.3 is 0 Å². The van der Waals surface area contributed by atoms with Gasteiger partial charge < -0.3 is 34.7 Å². The number of ether oxygens (including phenoxy) is 4. The van der Waals surface area contributed by atoms with E-state index < -0.39 is 6.10 Å². The van der Waals surface area contributed by atoms with Crippen molar-refractivity contribution in [3.05, 3.63) is 47.5 Å². The summed E-state index contributed by atoms with van der Waals surface area (Å²) in [7, 11) is 6.34. The van der Waals surface area contributed by atoms with Crippen LogP contribution in [-0.4, -0.2) is 52.6 Å². The quantitative estimate of drug-likeness (QED) is 0.404. The molecule has 0 fully saturated rings. The Morgan fingerprint density at radius 3 is 2.07 bits per heavy atom. The molecule has 3 N–H and O–H groups in total. The zero-order chi connectivity index (χ0) is 21.9. The number of benzene rings is 2. The number of aliphatic hydroxyl groups is 1. The van der Waals surface area contributed by atoms with Crippen LogP contribution in [0.15, 0.2) is 41.4 Å². The van der Waals surface area contributed by atoms with Crippen molar-refractivity contribution in [1.82, 2.24) is 10.6 Å². The summed E-state index contributed by atoms with van der Waals surface area (Å²) in [6.07, 6.45) is -0.680. The fourth-order valence-corrected chi connectivity index (χ4v) is 2.88. The van der Waals surface area contributed by atoms with Crippen molar-refractivity contribution < 1.29 is 24.1 Å². The van der Waals surface area contributed by atoms with Crippen molar-refractivity contribution in [1.29, 1.82) is 0 Å². The average molecular weight is 418 g/mol. The summed E-state index contributed by atoms with van der Waals surface area (Å²) in [5.74, 6) is 3.04. The van der Waals surface area contributed by atoms with E-state index in [-0.39, 0.29) is 0 Å². The Morgan fingerprint density at radius 2 is 1.57 bits per heavy atom. The molecule has 30 heavy (non-hydrogen) atoms. The Bertz CT molecular complexity index is 799. The lowest BCUT2D eigenvalue weighted by atomic mass is 10.1. The first kappa shape index (κ1) is 23.2. The molecule has 0 heterocycles. The van der Waals surface area contributed by atoms with E-state index in [1.54, 1.807) is 28.4 Å². The second-order valence-corrected chi connectivity index (χ2v) is 6.40. The van der Waals surface area contributed by atoms with Crippen LogP contribution < -0.4 is 29.6 Å². The van der Waals surface area contributed by atoms with Crippen molar-refractivity contribution in [2.75, 3.05) is 41.5 Å². The third kappa shape index (κ3) is 6.18. The smallest absolute Gasteiger partial charge is 0.203 e. The summed E-state index contributed by atoms with van der Waals surface area (Å²) in [5.41, 5.74) is 1.70. The Morgan fingerprint density at radius 1 is 0.933 bits per heavy atom. The zero-order valence-electron chi connectivity index (χ0n) is 18.2. The minimum Gasteiger partial charge on any atom is -0.497 e. The molecule has 0 aliphatic rings. The van der Waals surface area contributed by atoms with Gasteiger partial charge in [0.25, 0.3) is 0 Å². The van der Waals surface area contributed by atoms with Crippen LogP contribution in [0.1, 0.15) is 24.2 Å². The molecule has 0 bridgehead atoms. The first-order chi connectivity index (χ1) is 14.6. The predicted molar refractivity (Wildman–Crippen MR) is 117 cm³/mol. The van der Waals surface area contributed by atoms with E-state index in [0.29, 0.717) is 42.8 Å². The Labute approximate surface area is 177 Å². The molecule has 2 aromatic carbocycles. The number of guanidine groups is 1. The fourth-order valence-electron chi connectivity index (χ4n) is 2.88. The van der Waals surface area contributed by atoms with Gasteiger partial charge in [0.2, 0.25) is 5.75 Å². The van der Waals surface area contributed by atoms with Gasteiger partial charge in [-0.15, -0.1) is 0 Å². The maximum Gasteiger partial charge on any atom is 0.203 e. The Hall–Kier alpha value is -3.13. The number of hydrogen-bond donors (Lipinski definition) is 3. The lowest BCUT2D eigenvalue weighted by Crippen LogP contribution is -2.39. The van der Waals surface area contributed by atoms with Crippen molar-refractivity contribution in [3.8, 4) is 23.0 Å². The third-order valence-electron chi connectivity index (χ3n) is 4.45. The van der Waals surface area contributed by atoms with Crippen molar-refractivity contribution in [3.63, 3.8) is 0 Å². The molecule has 0 saturated heterocycles. The van der Waals surface area contributed by atoms with Crippen LogP contribution in [0, 0.1) is 0 Å². The molecule has 8 nitrogen and oxygen atoms in total. The number of methoxy groups -OCH3 is 4. The molecule has 0 saturated carbocycles. The first-order valence-electron chi connectivity index (χ1n) is 9.69. The van der Waals surface area contributed by atoms with Crippen LogP contribution in [-0.2, 0) is 6.54 Å². The lowest BCUT2D eigenvalue weighted by molar-refractivity contribution is 0.180. The van der Waals surface area contributed by atoms with Crippen LogP contribution in [0.5, 0.6) is 23.0 Å². The summed E-state index contributed by atoms with van der Waals surface area (Å²) in [5, 5.41) is 16.8. The van der Waals surface area contributed by atoms with E-state index in [2.05, 4.69) is 15.6 Å². The van der Waals surface area contributed by atoms with E-state index in [1.807, 2.05) is 43.3 Å². The topological polar surface area (TPSA) is 93.6 Å². The Balaban J connectivity index is 2.08. The van der Waals surface area contributed by atoms with E-state index in [0.717, 1.165) is 16.9 Å². The highest BCUT2D eigenvalue weighted by Crippen LogP contribution is 2.38. The normalized spacial score (nSPS) is 12.1. The molecule has 0 aliphatic carbocycles. The maximum atomic E-state index is 10.4. The molecule has 164 valence electrons. The highest BCUT2D eigenvalue weighted by molar-refractivity contribution is 5.79.